The summed E-state index contributed by atoms with van der Waals surface area (Å²) in [6, 6.07) is 17.4. The fourth-order valence-corrected chi connectivity index (χ4v) is 4.25. The van der Waals surface area contributed by atoms with E-state index < -0.39 is 34.5 Å². The third-order valence-corrected chi connectivity index (χ3v) is 6.65. The Bertz CT molecular complexity index is 1380. The van der Waals surface area contributed by atoms with E-state index >= 15 is 0 Å². The predicted octanol–water partition coefficient (Wildman–Crippen LogP) is 4.96. The molecular weight excluding hydrogens is 484 g/mol. The average molecular weight is 506 g/mol. The van der Waals surface area contributed by atoms with Crippen LogP contribution in [0.4, 0.5) is 14.7 Å². The van der Waals surface area contributed by atoms with E-state index in [1.807, 2.05) is 6.92 Å². The zero-order valence-electron chi connectivity index (χ0n) is 19.2. The largest absolute Gasteiger partial charge is 0.611 e. The number of hydrogen-bond donors (Lipinski definition) is 1. The first-order valence-electron chi connectivity index (χ1n) is 11.0. The van der Waals surface area contributed by atoms with E-state index in [1.54, 1.807) is 24.3 Å². The molecule has 0 saturated carbocycles. The Balaban J connectivity index is 1.60. The molecule has 9 heteroatoms. The van der Waals surface area contributed by atoms with Gasteiger partial charge in [0.15, 0.2) is 4.90 Å². The number of carbonyl (C=O) groups excluding carboxylic acids is 2. The molecule has 0 bridgehead atoms. The molecule has 0 aliphatic heterocycles. The number of anilines is 1. The Morgan fingerprint density at radius 3 is 2.14 bits per heavy atom. The molecular formula is C27H21F2N3O3S. The van der Waals surface area contributed by atoms with Gasteiger partial charge in [-0.15, -0.1) is 0 Å². The standard InChI is InChI=1S/C27H21F2N3O3S/c1-2-36(35)22-13-3-17(4-14-22)15-24(33)31-27-30-16-23(18-5-9-20(28)10-6-18)25(32-27)26(34)19-7-11-21(29)12-8-19/h3-14,16H,2,15H2,1H3,(H,30,31,32,33). The van der Waals surface area contributed by atoms with Crippen LogP contribution in [-0.4, -0.2) is 32.0 Å². The number of carbonyl (C=O) groups is 2. The lowest BCUT2D eigenvalue weighted by atomic mass is 9.99. The average Bonchev–Trinajstić information content (AvgIpc) is 2.89. The highest BCUT2D eigenvalue weighted by atomic mass is 32.2. The van der Waals surface area contributed by atoms with E-state index in [9.17, 15) is 22.9 Å². The van der Waals surface area contributed by atoms with E-state index in [0.717, 1.165) is 12.1 Å². The second kappa shape index (κ2) is 11.2. The third kappa shape index (κ3) is 5.99. The Hall–Kier alpha value is -3.95. The van der Waals surface area contributed by atoms with Gasteiger partial charge in [-0.1, -0.05) is 24.3 Å². The summed E-state index contributed by atoms with van der Waals surface area (Å²) in [5, 5.41) is 2.59. The van der Waals surface area contributed by atoms with Gasteiger partial charge in [0.05, 0.1) is 6.42 Å². The van der Waals surface area contributed by atoms with Crippen molar-refractivity contribution in [2.75, 3.05) is 11.1 Å². The summed E-state index contributed by atoms with van der Waals surface area (Å²) in [4.78, 5) is 35.0. The lowest BCUT2D eigenvalue weighted by molar-refractivity contribution is -0.115. The van der Waals surface area contributed by atoms with Gasteiger partial charge in [0.1, 0.15) is 23.1 Å². The molecule has 0 aliphatic rings. The molecule has 1 atom stereocenters. The van der Waals surface area contributed by atoms with Gasteiger partial charge in [-0.25, -0.2) is 18.7 Å². The van der Waals surface area contributed by atoms with Crippen LogP contribution in [0.15, 0.2) is 83.9 Å². The van der Waals surface area contributed by atoms with Crippen molar-refractivity contribution < 1.29 is 22.9 Å². The topological polar surface area (TPSA) is 95.0 Å². The molecule has 4 aromatic rings. The first kappa shape index (κ1) is 25.2. The van der Waals surface area contributed by atoms with Gasteiger partial charge in [-0.05, 0) is 77.8 Å². The monoisotopic (exact) mass is 505 g/mol. The van der Waals surface area contributed by atoms with E-state index in [-0.39, 0.29) is 23.6 Å². The van der Waals surface area contributed by atoms with Crippen LogP contribution in [0.3, 0.4) is 0 Å². The van der Waals surface area contributed by atoms with Gasteiger partial charge in [-0.3, -0.25) is 14.9 Å². The number of nitrogens with one attached hydrogen (secondary N) is 1. The van der Waals surface area contributed by atoms with E-state index in [1.165, 1.54) is 42.6 Å². The number of nitrogens with zero attached hydrogens (tertiary/aromatic N) is 2. The predicted molar refractivity (Wildman–Crippen MR) is 133 cm³/mol. The highest BCUT2D eigenvalue weighted by Gasteiger charge is 2.20. The zero-order chi connectivity index (χ0) is 25.7. The molecule has 4 rings (SSSR count). The number of rotatable bonds is 8. The van der Waals surface area contributed by atoms with Crippen molar-refractivity contribution >= 4 is 28.8 Å². The van der Waals surface area contributed by atoms with Crippen molar-refractivity contribution in [2.45, 2.75) is 18.2 Å². The normalized spacial score (nSPS) is 11.7. The fourth-order valence-electron chi connectivity index (χ4n) is 3.47. The van der Waals surface area contributed by atoms with Crippen LogP contribution in [0.5, 0.6) is 0 Å². The zero-order valence-corrected chi connectivity index (χ0v) is 20.0. The number of ketones is 1. The summed E-state index contributed by atoms with van der Waals surface area (Å²) in [6.45, 7) is 1.83. The van der Waals surface area contributed by atoms with E-state index in [0.29, 0.717) is 27.3 Å². The van der Waals surface area contributed by atoms with Gasteiger partial charge in [0.25, 0.3) is 0 Å². The molecule has 182 valence electrons. The first-order valence-corrected chi connectivity index (χ1v) is 12.4. The Morgan fingerprint density at radius 2 is 1.53 bits per heavy atom. The van der Waals surface area contributed by atoms with Crippen molar-refractivity contribution in [3.8, 4) is 11.1 Å². The molecule has 3 aromatic carbocycles. The molecule has 1 N–H and O–H groups in total. The van der Waals surface area contributed by atoms with Crippen LogP contribution in [-0.2, 0) is 22.4 Å². The molecule has 0 spiro atoms. The number of amides is 1. The Morgan fingerprint density at radius 1 is 0.917 bits per heavy atom. The minimum atomic E-state index is -1.08. The van der Waals surface area contributed by atoms with Crippen molar-refractivity contribution in [3.05, 3.63) is 107 Å². The van der Waals surface area contributed by atoms with Crippen molar-refractivity contribution in [1.29, 1.82) is 0 Å². The third-order valence-electron chi connectivity index (χ3n) is 5.33. The molecule has 36 heavy (non-hydrogen) atoms. The van der Waals surface area contributed by atoms with Gasteiger partial charge in [0, 0.05) is 17.3 Å². The SMILES string of the molecule is CC[S+]([O-])c1ccc(CC(=O)Nc2ncc(-c3ccc(F)cc3)c(C(=O)c3ccc(F)cc3)n2)cc1. The molecule has 0 saturated heterocycles. The second-order valence-electron chi connectivity index (χ2n) is 7.80. The molecule has 6 nitrogen and oxygen atoms in total. The molecule has 1 aromatic heterocycles. The van der Waals surface area contributed by atoms with Crippen LogP contribution >= 0.6 is 0 Å². The van der Waals surface area contributed by atoms with Crippen LogP contribution in [0, 0.1) is 11.6 Å². The number of hydrogen-bond acceptors (Lipinski definition) is 5. The first-order chi connectivity index (χ1) is 17.3. The lowest BCUT2D eigenvalue weighted by Gasteiger charge is -2.11. The highest BCUT2D eigenvalue weighted by molar-refractivity contribution is 7.91. The summed E-state index contributed by atoms with van der Waals surface area (Å²) in [5.74, 6) is -1.43. The van der Waals surface area contributed by atoms with Crippen molar-refractivity contribution in [1.82, 2.24) is 9.97 Å². The lowest BCUT2D eigenvalue weighted by Crippen LogP contribution is -2.18. The van der Waals surface area contributed by atoms with Gasteiger partial charge in [-0.2, -0.15) is 0 Å². The fraction of sp³-hybridized carbons (Fsp3) is 0.111. The number of benzene rings is 3. The highest BCUT2D eigenvalue weighted by Crippen LogP contribution is 2.25. The van der Waals surface area contributed by atoms with E-state index in [2.05, 4.69) is 15.3 Å². The molecule has 1 heterocycles. The Labute approximate surface area is 209 Å². The van der Waals surface area contributed by atoms with Crippen molar-refractivity contribution in [2.24, 2.45) is 0 Å². The van der Waals surface area contributed by atoms with Gasteiger partial charge < -0.3 is 4.55 Å². The minimum absolute atomic E-state index is 0.0172. The van der Waals surface area contributed by atoms with Crippen LogP contribution in [0.1, 0.15) is 28.5 Å². The molecule has 1 amide bonds. The smallest absolute Gasteiger partial charge is 0.231 e. The van der Waals surface area contributed by atoms with Gasteiger partial charge in [0.2, 0.25) is 17.6 Å². The summed E-state index contributed by atoms with van der Waals surface area (Å²) < 4.78 is 38.7. The van der Waals surface area contributed by atoms with Crippen LogP contribution < -0.4 is 5.32 Å². The number of halogens is 2. The quantitative estimate of drug-likeness (QED) is 0.270. The maximum Gasteiger partial charge on any atom is 0.231 e. The molecule has 1 unspecified atom stereocenters. The van der Waals surface area contributed by atoms with E-state index in [4.69, 9.17) is 0 Å². The summed E-state index contributed by atoms with van der Waals surface area (Å²) in [5.41, 5.74) is 1.71. The molecule has 0 radical (unpaired) electrons. The summed E-state index contributed by atoms with van der Waals surface area (Å²) >= 11 is -1.08. The minimum Gasteiger partial charge on any atom is -0.611 e. The second-order valence-corrected chi connectivity index (χ2v) is 9.54. The van der Waals surface area contributed by atoms with Crippen LogP contribution in [0.25, 0.3) is 11.1 Å². The maximum absolute atomic E-state index is 13.4. The van der Waals surface area contributed by atoms with Crippen LogP contribution in [0.2, 0.25) is 0 Å². The Kier molecular flexibility index (Phi) is 7.82. The number of aromatic nitrogens is 2. The maximum atomic E-state index is 13.4. The molecule has 0 fully saturated rings. The summed E-state index contributed by atoms with van der Waals surface area (Å²) in [6.07, 6.45) is 1.39. The summed E-state index contributed by atoms with van der Waals surface area (Å²) in [7, 11) is 0. The molecule has 0 aliphatic carbocycles. The van der Waals surface area contributed by atoms with Gasteiger partial charge >= 0.3 is 0 Å². The van der Waals surface area contributed by atoms with Crippen molar-refractivity contribution in [3.63, 3.8) is 0 Å².